The molecule has 7 N–H and O–H groups in total. The molecule has 0 spiro atoms. The number of carbonyl (C=O) groups is 1. The summed E-state index contributed by atoms with van der Waals surface area (Å²) in [7, 11) is 0. The Morgan fingerprint density at radius 2 is 0.783 bits per heavy atom. The molecule has 0 aliphatic carbocycles. The smallest absolute Gasteiger partial charge is 0.306 e. The monoisotopic (exact) mass is 1170 g/mol. The molecule has 14 nitrogen and oxygen atoms in total. The summed E-state index contributed by atoms with van der Waals surface area (Å²) in [6, 6.07) is 0. The van der Waals surface area contributed by atoms with Gasteiger partial charge < -0.3 is 64.2 Å². The molecule has 2 aliphatic rings. The first-order chi connectivity index (χ1) is 40.6. The van der Waals surface area contributed by atoms with Crippen LogP contribution in [0.1, 0.15) is 232 Å². The zero-order valence-corrected chi connectivity index (χ0v) is 51.7. The van der Waals surface area contributed by atoms with Crippen molar-refractivity contribution in [1.29, 1.82) is 0 Å². The van der Waals surface area contributed by atoms with Gasteiger partial charge in [0, 0.05) is 13.0 Å². The van der Waals surface area contributed by atoms with E-state index in [4.69, 9.17) is 28.4 Å². The van der Waals surface area contributed by atoms with E-state index in [1.54, 1.807) is 0 Å². The van der Waals surface area contributed by atoms with Gasteiger partial charge in [0.25, 0.3) is 0 Å². The van der Waals surface area contributed by atoms with Gasteiger partial charge in [-0.15, -0.1) is 0 Å². The number of hydrogen-bond donors (Lipinski definition) is 7. The van der Waals surface area contributed by atoms with Gasteiger partial charge in [0.1, 0.15) is 54.9 Å². The molecule has 2 fully saturated rings. The second-order valence-corrected chi connectivity index (χ2v) is 22.6. The van der Waals surface area contributed by atoms with Crippen LogP contribution in [-0.2, 0) is 33.2 Å². The molecule has 14 heteroatoms. The largest absolute Gasteiger partial charge is 0.457 e. The average Bonchev–Trinajstić information content (AvgIpc) is 3.49. The quantitative estimate of drug-likeness (QED) is 0.0172. The maximum absolute atomic E-state index is 13.1. The van der Waals surface area contributed by atoms with Crippen molar-refractivity contribution in [2.75, 3.05) is 33.0 Å². The zero-order chi connectivity index (χ0) is 60.1. The van der Waals surface area contributed by atoms with Crippen LogP contribution >= 0.6 is 0 Å². The molecule has 2 rings (SSSR count). The molecule has 2 aliphatic heterocycles. The first-order valence-electron chi connectivity index (χ1n) is 32.8. The molecular weight excluding hydrogens is 1050 g/mol. The minimum absolute atomic E-state index is 0.0458. The second kappa shape index (κ2) is 54.3. The number of allylic oxidation sites excluding steroid dienone is 16. The van der Waals surface area contributed by atoms with E-state index in [1.165, 1.54) is 116 Å². The summed E-state index contributed by atoms with van der Waals surface area (Å²) in [6.45, 7) is 3.54. The molecule has 11 atom stereocenters. The third kappa shape index (κ3) is 40.1. The van der Waals surface area contributed by atoms with Crippen LogP contribution in [0.4, 0.5) is 0 Å². The fraction of sp³-hybridized carbons (Fsp3) is 0.754. The molecule has 0 bridgehead atoms. The standard InChI is InChI=1S/C69H118O14/c1-3-5-7-9-11-13-15-17-19-21-23-25-27-28-29-31-33-35-37-39-41-43-45-47-49-51-53-78-55-58(56-79-68-67(77)65(75)63(73)60(83-68)57-80-69-66(76)64(74)62(72)59(54-70)82-69)81-61(71)52-50-48-46-44-42-40-38-36-34-32-30-26-24-22-20-18-16-14-12-10-8-6-4-2/h6,8,12,14-15,17-18,20-21,23-24,26,32,34,38,40,58-60,62-70,72-77H,3-5,7,9-11,13,16,19,22,25,27-31,33,35-37,39,41-57H2,1-2H3/b8-6-,14-12-,17-15-,20-18-,23-21-,26-24-,34-32-,40-38-. The summed E-state index contributed by atoms with van der Waals surface area (Å²) in [6.07, 6.45) is 57.6. The molecule has 2 heterocycles. The fourth-order valence-electron chi connectivity index (χ4n) is 9.85. The van der Waals surface area contributed by atoms with Crippen LogP contribution in [0, 0.1) is 0 Å². The van der Waals surface area contributed by atoms with Crippen molar-refractivity contribution in [3.05, 3.63) is 97.2 Å². The molecule has 0 aromatic carbocycles. The lowest BCUT2D eigenvalue weighted by Crippen LogP contribution is -2.61. The highest BCUT2D eigenvalue weighted by atomic mass is 16.7. The molecule has 11 unspecified atom stereocenters. The van der Waals surface area contributed by atoms with E-state index < -0.39 is 86.7 Å². The predicted octanol–water partition coefficient (Wildman–Crippen LogP) is 13.3. The van der Waals surface area contributed by atoms with Crippen LogP contribution in [0.15, 0.2) is 97.2 Å². The van der Waals surface area contributed by atoms with Crippen molar-refractivity contribution in [3.8, 4) is 0 Å². The van der Waals surface area contributed by atoms with E-state index in [0.717, 1.165) is 89.9 Å². The van der Waals surface area contributed by atoms with Gasteiger partial charge in [-0.1, -0.05) is 227 Å². The Morgan fingerprint density at radius 1 is 0.410 bits per heavy atom. The van der Waals surface area contributed by atoms with Gasteiger partial charge in [0.15, 0.2) is 12.6 Å². The van der Waals surface area contributed by atoms with Crippen molar-refractivity contribution in [2.45, 2.75) is 300 Å². The molecule has 478 valence electrons. The Bertz CT molecular complexity index is 1740. The van der Waals surface area contributed by atoms with E-state index in [1.807, 2.05) is 0 Å². The van der Waals surface area contributed by atoms with Crippen molar-refractivity contribution in [1.82, 2.24) is 0 Å². The first kappa shape index (κ1) is 76.0. The number of ether oxygens (including phenoxy) is 6. The molecule has 0 aromatic rings. The summed E-state index contributed by atoms with van der Waals surface area (Å²) >= 11 is 0. The van der Waals surface area contributed by atoms with Gasteiger partial charge in [-0.05, 0) is 96.3 Å². The average molecular weight is 1170 g/mol. The number of aliphatic hydroxyl groups is 7. The Hall–Kier alpha value is -3.09. The molecule has 2 saturated heterocycles. The highest BCUT2D eigenvalue weighted by Gasteiger charge is 2.47. The predicted molar refractivity (Wildman–Crippen MR) is 334 cm³/mol. The van der Waals surface area contributed by atoms with Crippen molar-refractivity contribution < 1.29 is 69.0 Å². The van der Waals surface area contributed by atoms with Crippen LogP contribution in [0.3, 0.4) is 0 Å². The second-order valence-electron chi connectivity index (χ2n) is 22.6. The lowest BCUT2D eigenvalue weighted by Gasteiger charge is -2.42. The number of esters is 1. The lowest BCUT2D eigenvalue weighted by molar-refractivity contribution is -0.332. The molecule has 0 amide bonds. The van der Waals surface area contributed by atoms with Crippen LogP contribution < -0.4 is 0 Å². The Labute approximate surface area is 502 Å². The molecule has 83 heavy (non-hydrogen) atoms. The Morgan fingerprint density at radius 3 is 1.23 bits per heavy atom. The molecule has 0 radical (unpaired) electrons. The summed E-state index contributed by atoms with van der Waals surface area (Å²) < 4.78 is 34.5. The van der Waals surface area contributed by atoms with E-state index in [9.17, 15) is 40.5 Å². The van der Waals surface area contributed by atoms with E-state index >= 15 is 0 Å². The number of unbranched alkanes of at least 4 members (excludes halogenated alkanes) is 23. The van der Waals surface area contributed by atoms with Crippen molar-refractivity contribution >= 4 is 5.97 Å². The van der Waals surface area contributed by atoms with Gasteiger partial charge in [0.2, 0.25) is 0 Å². The van der Waals surface area contributed by atoms with Crippen LogP contribution in [0.5, 0.6) is 0 Å². The Balaban J connectivity index is 1.68. The fourth-order valence-corrected chi connectivity index (χ4v) is 9.85. The number of carbonyl (C=O) groups excluding carboxylic acids is 1. The highest BCUT2D eigenvalue weighted by molar-refractivity contribution is 5.69. The minimum Gasteiger partial charge on any atom is -0.457 e. The maximum atomic E-state index is 13.1. The van der Waals surface area contributed by atoms with E-state index in [-0.39, 0.29) is 19.6 Å². The third-order valence-electron chi connectivity index (χ3n) is 15.1. The van der Waals surface area contributed by atoms with E-state index in [0.29, 0.717) is 13.0 Å². The normalized spacial score (nSPS) is 24.1. The maximum Gasteiger partial charge on any atom is 0.306 e. The Kier molecular flexibility index (Phi) is 49.7. The topological polar surface area (TPSA) is 214 Å². The number of rotatable bonds is 53. The summed E-state index contributed by atoms with van der Waals surface area (Å²) in [5, 5.41) is 72.5. The van der Waals surface area contributed by atoms with E-state index in [2.05, 4.69) is 111 Å². The SMILES string of the molecule is CC/C=C\C/C=C\C/C=C\C/C=C\C/C=C\C/C=C\CCCCCCC(=O)OC(COCCCCCCCCCCCCCCCC/C=C\C/C=C\CCCCCCC)COC1OC(COC2OC(CO)C(O)C(O)C2O)C(O)C(O)C1O. The first-order valence-corrected chi connectivity index (χ1v) is 32.8. The molecule has 0 aromatic heterocycles. The molecular formula is C69H118O14. The van der Waals surface area contributed by atoms with Gasteiger partial charge in [-0.2, -0.15) is 0 Å². The summed E-state index contributed by atoms with van der Waals surface area (Å²) in [5.41, 5.74) is 0. The summed E-state index contributed by atoms with van der Waals surface area (Å²) in [4.78, 5) is 13.1. The molecule has 0 saturated carbocycles. The van der Waals surface area contributed by atoms with Crippen molar-refractivity contribution in [3.63, 3.8) is 0 Å². The van der Waals surface area contributed by atoms with Gasteiger partial charge >= 0.3 is 5.97 Å². The summed E-state index contributed by atoms with van der Waals surface area (Å²) in [5.74, 6) is -0.401. The third-order valence-corrected chi connectivity index (χ3v) is 15.1. The number of aliphatic hydroxyl groups excluding tert-OH is 7. The number of hydrogen-bond acceptors (Lipinski definition) is 14. The highest BCUT2D eigenvalue weighted by Crippen LogP contribution is 2.27. The van der Waals surface area contributed by atoms with Gasteiger partial charge in [0.05, 0.1) is 26.4 Å². The zero-order valence-electron chi connectivity index (χ0n) is 51.7. The van der Waals surface area contributed by atoms with Crippen molar-refractivity contribution in [2.24, 2.45) is 0 Å². The van der Waals surface area contributed by atoms with Crippen LogP contribution in [-0.4, -0.2) is 142 Å². The lowest BCUT2D eigenvalue weighted by atomic mass is 9.98. The minimum atomic E-state index is -1.72. The van der Waals surface area contributed by atoms with Gasteiger partial charge in [-0.25, -0.2) is 0 Å². The van der Waals surface area contributed by atoms with Crippen LogP contribution in [0.2, 0.25) is 0 Å². The van der Waals surface area contributed by atoms with Gasteiger partial charge in [-0.3, -0.25) is 4.79 Å². The van der Waals surface area contributed by atoms with Crippen LogP contribution in [0.25, 0.3) is 0 Å².